The SMILES string of the molecule is CC(C)C(CCO)NC(=O)C(c1ccccc1)C1CC1. The maximum Gasteiger partial charge on any atom is 0.228 e. The summed E-state index contributed by atoms with van der Waals surface area (Å²) in [5.74, 6) is 0.906. The Labute approximate surface area is 121 Å². The van der Waals surface area contributed by atoms with Gasteiger partial charge in [-0.3, -0.25) is 4.79 Å². The summed E-state index contributed by atoms with van der Waals surface area (Å²) in [6.45, 7) is 4.27. The van der Waals surface area contributed by atoms with Gasteiger partial charge in [0.2, 0.25) is 5.91 Å². The molecule has 0 heterocycles. The van der Waals surface area contributed by atoms with Gasteiger partial charge >= 0.3 is 0 Å². The van der Waals surface area contributed by atoms with Gasteiger partial charge in [0.25, 0.3) is 0 Å². The molecule has 3 nitrogen and oxygen atoms in total. The van der Waals surface area contributed by atoms with Crippen molar-refractivity contribution in [3.63, 3.8) is 0 Å². The summed E-state index contributed by atoms with van der Waals surface area (Å²) in [5, 5.41) is 12.3. The maximum absolute atomic E-state index is 12.6. The van der Waals surface area contributed by atoms with E-state index in [0.29, 0.717) is 18.3 Å². The molecule has 0 spiro atoms. The molecule has 1 aliphatic carbocycles. The molecule has 0 aliphatic heterocycles. The van der Waals surface area contributed by atoms with Gasteiger partial charge in [-0.1, -0.05) is 44.2 Å². The third kappa shape index (κ3) is 3.83. The van der Waals surface area contributed by atoms with Gasteiger partial charge in [0.05, 0.1) is 5.92 Å². The Kier molecular flexibility index (Phi) is 5.18. The molecule has 0 radical (unpaired) electrons. The predicted octanol–water partition coefficient (Wildman–Crippen LogP) is 2.70. The molecule has 2 N–H and O–H groups in total. The molecule has 1 aromatic rings. The Morgan fingerprint density at radius 1 is 1.30 bits per heavy atom. The van der Waals surface area contributed by atoms with Crippen molar-refractivity contribution in [1.29, 1.82) is 0 Å². The average molecular weight is 275 g/mol. The zero-order chi connectivity index (χ0) is 14.5. The number of benzene rings is 1. The van der Waals surface area contributed by atoms with Crippen LogP contribution in [-0.4, -0.2) is 23.7 Å². The topological polar surface area (TPSA) is 49.3 Å². The summed E-state index contributed by atoms with van der Waals surface area (Å²) in [7, 11) is 0. The summed E-state index contributed by atoms with van der Waals surface area (Å²) in [4.78, 5) is 12.6. The molecule has 2 atom stereocenters. The Balaban J connectivity index is 2.08. The molecule has 0 saturated heterocycles. The standard InChI is InChI=1S/C17H25NO2/c1-12(2)15(10-11-19)18-17(20)16(14-8-9-14)13-6-4-3-5-7-13/h3-7,12,14-16,19H,8-11H2,1-2H3,(H,18,20). The van der Waals surface area contributed by atoms with Crippen LogP contribution in [0, 0.1) is 11.8 Å². The lowest BCUT2D eigenvalue weighted by Gasteiger charge is -2.25. The largest absolute Gasteiger partial charge is 0.396 e. The third-order valence-corrected chi connectivity index (χ3v) is 4.11. The van der Waals surface area contributed by atoms with Gasteiger partial charge in [-0.15, -0.1) is 0 Å². The summed E-state index contributed by atoms with van der Waals surface area (Å²) >= 11 is 0. The molecule has 1 aromatic carbocycles. The molecule has 3 heteroatoms. The number of rotatable bonds is 7. The second-order valence-corrected chi connectivity index (χ2v) is 6.10. The van der Waals surface area contributed by atoms with Gasteiger partial charge in [-0.2, -0.15) is 0 Å². The van der Waals surface area contributed by atoms with Crippen LogP contribution in [0.2, 0.25) is 0 Å². The first-order valence-corrected chi connectivity index (χ1v) is 7.59. The normalized spacial score (nSPS) is 17.8. The first-order valence-electron chi connectivity index (χ1n) is 7.59. The molecular weight excluding hydrogens is 250 g/mol. The van der Waals surface area contributed by atoms with E-state index in [1.54, 1.807) is 0 Å². The minimum absolute atomic E-state index is 0.0313. The van der Waals surface area contributed by atoms with Gasteiger partial charge in [0, 0.05) is 12.6 Å². The number of hydrogen-bond acceptors (Lipinski definition) is 2. The zero-order valence-corrected chi connectivity index (χ0v) is 12.4. The minimum Gasteiger partial charge on any atom is -0.396 e. The molecule has 1 aliphatic rings. The monoisotopic (exact) mass is 275 g/mol. The lowest BCUT2D eigenvalue weighted by Crippen LogP contribution is -2.42. The van der Waals surface area contributed by atoms with E-state index in [4.69, 9.17) is 5.11 Å². The molecule has 1 amide bonds. The number of carbonyl (C=O) groups excluding carboxylic acids is 1. The van der Waals surface area contributed by atoms with E-state index in [0.717, 1.165) is 18.4 Å². The summed E-state index contributed by atoms with van der Waals surface area (Å²) in [6.07, 6.45) is 2.90. The predicted molar refractivity (Wildman–Crippen MR) is 80.4 cm³/mol. The Morgan fingerprint density at radius 3 is 2.45 bits per heavy atom. The highest BCUT2D eigenvalue weighted by Gasteiger charge is 2.37. The molecule has 20 heavy (non-hydrogen) atoms. The van der Waals surface area contributed by atoms with E-state index in [9.17, 15) is 4.79 Å². The van der Waals surface area contributed by atoms with Crippen LogP contribution in [0.1, 0.15) is 44.6 Å². The second kappa shape index (κ2) is 6.89. The van der Waals surface area contributed by atoms with E-state index in [-0.39, 0.29) is 24.5 Å². The van der Waals surface area contributed by atoms with Crippen LogP contribution in [0.25, 0.3) is 0 Å². The van der Waals surface area contributed by atoms with Crippen LogP contribution in [0.3, 0.4) is 0 Å². The molecule has 0 aromatic heterocycles. The summed E-state index contributed by atoms with van der Waals surface area (Å²) < 4.78 is 0. The fraction of sp³-hybridized carbons (Fsp3) is 0.588. The van der Waals surface area contributed by atoms with E-state index in [1.807, 2.05) is 30.3 Å². The molecule has 0 bridgehead atoms. The zero-order valence-electron chi connectivity index (χ0n) is 12.4. The van der Waals surface area contributed by atoms with Crippen molar-refractivity contribution in [3.05, 3.63) is 35.9 Å². The van der Waals surface area contributed by atoms with Crippen LogP contribution in [0.15, 0.2) is 30.3 Å². The molecule has 110 valence electrons. The molecule has 1 fully saturated rings. The number of carbonyl (C=O) groups is 1. The first kappa shape index (κ1) is 15.0. The van der Waals surface area contributed by atoms with Crippen molar-refractivity contribution in [2.45, 2.75) is 45.1 Å². The van der Waals surface area contributed by atoms with Crippen molar-refractivity contribution < 1.29 is 9.90 Å². The Morgan fingerprint density at radius 2 is 1.95 bits per heavy atom. The summed E-state index contributed by atoms with van der Waals surface area (Å²) in [5.41, 5.74) is 1.11. The number of nitrogens with one attached hydrogen (secondary N) is 1. The highest BCUT2D eigenvalue weighted by atomic mass is 16.3. The number of hydrogen-bond donors (Lipinski definition) is 2. The third-order valence-electron chi connectivity index (χ3n) is 4.11. The highest BCUT2D eigenvalue weighted by molar-refractivity contribution is 5.84. The smallest absolute Gasteiger partial charge is 0.228 e. The quantitative estimate of drug-likeness (QED) is 0.804. The van der Waals surface area contributed by atoms with Gasteiger partial charge in [-0.05, 0) is 36.7 Å². The van der Waals surface area contributed by atoms with E-state index in [1.165, 1.54) is 0 Å². The van der Waals surface area contributed by atoms with Crippen LogP contribution in [0.5, 0.6) is 0 Å². The van der Waals surface area contributed by atoms with Gasteiger partial charge in [-0.25, -0.2) is 0 Å². The number of amides is 1. The van der Waals surface area contributed by atoms with Gasteiger partial charge < -0.3 is 10.4 Å². The molecule has 2 unspecified atom stereocenters. The van der Waals surface area contributed by atoms with Crippen molar-refractivity contribution >= 4 is 5.91 Å². The fourth-order valence-electron chi connectivity index (χ4n) is 2.71. The minimum atomic E-state index is -0.0313. The van der Waals surface area contributed by atoms with Crippen molar-refractivity contribution in [1.82, 2.24) is 5.32 Å². The lowest BCUT2D eigenvalue weighted by atomic mass is 9.92. The molecule has 1 saturated carbocycles. The van der Waals surface area contributed by atoms with Crippen molar-refractivity contribution in [2.24, 2.45) is 11.8 Å². The Hall–Kier alpha value is -1.35. The van der Waals surface area contributed by atoms with Gasteiger partial charge in [0.15, 0.2) is 0 Å². The summed E-state index contributed by atoms with van der Waals surface area (Å²) in [6, 6.07) is 10.1. The first-order chi connectivity index (χ1) is 9.63. The van der Waals surface area contributed by atoms with E-state index in [2.05, 4.69) is 19.2 Å². The highest BCUT2D eigenvalue weighted by Crippen LogP contribution is 2.42. The number of aliphatic hydroxyl groups excluding tert-OH is 1. The van der Waals surface area contributed by atoms with Crippen LogP contribution in [-0.2, 0) is 4.79 Å². The second-order valence-electron chi connectivity index (χ2n) is 6.10. The average Bonchev–Trinajstić information content (AvgIpc) is 3.24. The van der Waals surface area contributed by atoms with Crippen molar-refractivity contribution in [2.75, 3.05) is 6.61 Å². The van der Waals surface area contributed by atoms with Crippen LogP contribution >= 0.6 is 0 Å². The number of aliphatic hydroxyl groups is 1. The van der Waals surface area contributed by atoms with Crippen molar-refractivity contribution in [3.8, 4) is 0 Å². The van der Waals surface area contributed by atoms with Crippen LogP contribution in [0.4, 0.5) is 0 Å². The van der Waals surface area contributed by atoms with Crippen LogP contribution < -0.4 is 5.32 Å². The van der Waals surface area contributed by atoms with E-state index >= 15 is 0 Å². The van der Waals surface area contributed by atoms with Gasteiger partial charge in [0.1, 0.15) is 0 Å². The lowest BCUT2D eigenvalue weighted by molar-refractivity contribution is -0.124. The van der Waals surface area contributed by atoms with E-state index < -0.39 is 0 Å². The Bertz CT molecular complexity index is 426. The molecular formula is C17H25NO2. The fourth-order valence-corrected chi connectivity index (χ4v) is 2.71. The molecule has 2 rings (SSSR count). The maximum atomic E-state index is 12.6.